The second-order valence-electron chi connectivity index (χ2n) is 5.04. The van der Waals surface area contributed by atoms with Gasteiger partial charge in [-0.2, -0.15) is 4.57 Å². The van der Waals surface area contributed by atoms with E-state index >= 15 is 0 Å². The van der Waals surface area contributed by atoms with Gasteiger partial charge in [0.2, 0.25) is 12.4 Å². The van der Waals surface area contributed by atoms with Crippen molar-refractivity contribution in [2.75, 3.05) is 0 Å². The fourth-order valence-electron chi connectivity index (χ4n) is 2.12. The molecule has 0 aliphatic rings. The van der Waals surface area contributed by atoms with Crippen LogP contribution in [0.5, 0.6) is 0 Å². The average molecular weight is 255 g/mol. The van der Waals surface area contributed by atoms with Crippen molar-refractivity contribution in [3.8, 4) is 11.3 Å². The van der Waals surface area contributed by atoms with Gasteiger partial charge in [0.25, 0.3) is 0 Å². The summed E-state index contributed by atoms with van der Waals surface area (Å²) >= 11 is 0. The first-order chi connectivity index (χ1) is 9.22. The third-order valence-corrected chi connectivity index (χ3v) is 3.58. The highest BCUT2D eigenvalue weighted by atomic mass is 15.1. The molecule has 2 nitrogen and oxygen atoms in total. The largest absolute Gasteiger partial charge is 0.259 e. The standard InChI is InChI=1S/C17H23N2/c1-4-15(3)18-13-19-12-8-7-11-17(19)16-10-6-5-9-14(16)2/h5-12,15,18H,4,13H2,1-3H3/q+1. The third kappa shape index (κ3) is 3.42. The van der Waals surface area contributed by atoms with E-state index in [-0.39, 0.29) is 0 Å². The number of aromatic nitrogens is 1. The van der Waals surface area contributed by atoms with Gasteiger partial charge in [-0.05, 0) is 38.0 Å². The molecule has 1 atom stereocenters. The van der Waals surface area contributed by atoms with Crippen molar-refractivity contribution in [3.05, 3.63) is 54.2 Å². The van der Waals surface area contributed by atoms with Gasteiger partial charge in [-0.3, -0.25) is 5.32 Å². The summed E-state index contributed by atoms with van der Waals surface area (Å²) in [6.07, 6.45) is 3.28. The number of hydrogen-bond donors (Lipinski definition) is 1. The van der Waals surface area contributed by atoms with Gasteiger partial charge >= 0.3 is 0 Å². The van der Waals surface area contributed by atoms with Crippen molar-refractivity contribution in [3.63, 3.8) is 0 Å². The molecule has 1 N–H and O–H groups in total. The van der Waals surface area contributed by atoms with Gasteiger partial charge in [-0.25, -0.2) is 0 Å². The van der Waals surface area contributed by atoms with E-state index in [0.717, 1.165) is 13.1 Å². The summed E-state index contributed by atoms with van der Waals surface area (Å²) in [5.74, 6) is 0. The Morgan fingerprint density at radius 2 is 1.84 bits per heavy atom. The SMILES string of the molecule is CCC(C)NC[n+]1ccccc1-c1ccccc1C. The minimum atomic E-state index is 0.539. The molecule has 0 saturated heterocycles. The van der Waals surface area contributed by atoms with Crippen molar-refractivity contribution in [2.24, 2.45) is 0 Å². The summed E-state index contributed by atoms with van der Waals surface area (Å²) in [5, 5.41) is 3.54. The second-order valence-corrected chi connectivity index (χ2v) is 5.04. The van der Waals surface area contributed by atoms with Gasteiger partial charge < -0.3 is 0 Å². The van der Waals surface area contributed by atoms with Crippen LogP contribution in [0.15, 0.2) is 48.7 Å². The maximum absolute atomic E-state index is 3.54. The van der Waals surface area contributed by atoms with Gasteiger partial charge in [0.05, 0.1) is 0 Å². The lowest BCUT2D eigenvalue weighted by Gasteiger charge is -2.11. The van der Waals surface area contributed by atoms with Crippen molar-refractivity contribution < 1.29 is 4.57 Å². The van der Waals surface area contributed by atoms with Gasteiger partial charge in [0.15, 0.2) is 6.20 Å². The van der Waals surface area contributed by atoms with Crippen molar-refractivity contribution >= 4 is 0 Å². The fraction of sp³-hybridized carbons (Fsp3) is 0.353. The van der Waals surface area contributed by atoms with E-state index in [1.54, 1.807) is 0 Å². The summed E-state index contributed by atoms with van der Waals surface area (Å²) < 4.78 is 2.27. The van der Waals surface area contributed by atoms with Gasteiger partial charge in [0.1, 0.15) is 0 Å². The predicted octanol–water partition coefficient (Wildman–Crippen LogP) is 3.30. The number of benzene rings is 1. The first-order valence-electron chi connectivity index (χ1n) is 7.00. The summed E-state index contributed by atoms with van der Waals surface area (Å²) in [5.41, 5.74) is 3.87. The Balaban J connectivity index is 2.29. The zero-order valence-electron chi connectivity index (χ0n) is 12.1. The normalized spacial score (nSPS) is 12.4. The third-order valence-electron chi connectivity index (χ3n) is 3.58. The van der Waals surface area contributed by atoms with Crippen LogP contribution in [0.1, 0.15) is 25.8 Å². The van der Waals surface area contributed by atoms with Crippen LogP contribution in [-0.2, 0) is 6.67 Å². The molecule has 19 heavy (non-hydrogen) atoms. The monoisotopic (exact) mass is 255 g/mol. The quantitative estimate of drug-likeness (QED) is 0.811. The van der Waals surface area contributed by atoms with Gasteiger partial charge in [0, 0.05) is 23.7 Å². The number of nitrogens with one attached hydrogen (secondary N) is 1. The van der Waals surface area contributed by atoms with Crippen molar-refractivity contribution in [2.45, 2.75) is 39.9 Å². The topological polar surface area (TPSA) is 15.9 Å². The molecule has 1 aromatic heterocycles. The van der Waals surface area contributed by atoms with Crippen LogP contribution < -0.4 is 9.88 Å². The van der Waals surface area contributed by atoms with Crippen LogP contribution in [0.4, 0.5) is 0 Å². The van der Waals surface area contributed by atoms with E-state index in [4.69, 9.17) is 0 Å². The lowest BCUT2D eigenvalue weighted by Crippen LogP contribution is -2.45. The molecule has 1 heterocycles. The molecule has 2 rings (SSSR count). The minimum absolute atomic E-state index is 0.539. The number of nitrogens with zero attached hydrogens (tertiary/aromatic N) is 1. The highest BCUT2D eigenvalue weighted by Crippen LogP contribution is 2.19. The van der Waals surface area contributed by atoms with E-state index in [2.05, 4.69) is 79.3 Å². The van der Waals surface area contributed by atoms with Crippen molar-refractivity contribution in [1.29, 1.82) is 0 Å². The number of hydrogen-bond acceptors (Lipinski definition) is 1. The molecule has 0 aliphatic heterocycles. The Bertz CT molecular complexity index is 534. The van der Waals surface area contributed by atoms with Crippen LogP contribution in [0, 0.1) is 6.92 Å². The van der Waals surface area contributed by atoms with Crippen LogP contribution in [-0.4, -0.2) is 6.04 Å². The maximum atomic E-state index is 3.54. The van der Waals surface area contributed by atoms with E-state index in [1.807, 2.05) is 0 Å². The molecular weight excluding hydrogens is 232 g/mol. The Morgan fingerprint density at radius 1 is 1.11 bits per heavy atom. The minimum Gasteiger partial charge on any atom is -0.259 e. The van der Waals surface area contributed by atoms with Crippen LogP contribution in [0.3, 0.4) is 0 Å². The molecule has 2 aromatic rings. The molecule has 1 unspecified atom stereocenters. The summed E-state index contributed by atoms with van der Waals surface area (Å²) in [7, 11) is 0. The molecule has 100 valence electrons. The first-order valence-corrected chi connectivity index (χ1v) is 7.00. The lowest BCUT2D eigenvalue weighted by molar-refractivity contribution is -0.691. The van der Waals surface area contributed by atoms with E-state index in [1.165, 1.54) is 16.8 Å². The Kier molecular flexibility index (Phi) is 4.69. The van der Waals surface area contributed by atoms with Crippen LogP contribution >= 0.6 is 0 Å². The molecule has 0 fully saturated rings. The molecule has 0 amide bonds. The summed E-state index contributed by atoms with van der Waals surface area (Å²) in [6.45, 7) is 7.43. The highest BCUT2D eigenvalue weighted by Gasteiger charge is 2.13. The number of aryl methyl sites for hydroxylation is 1. The molecule has 0 saturated carbocycles. The smallest absolute Gasteiger partial charge is 0.213 e. The zero-order chi connectivity index (χ0) is 13.7. The van der Waals surface area contributed by atoms with Crippen LogP contribution in [0.2, 0.25) is 0 Å². The van der Waals surface area contributed by atoms with Crippen LogP contribution in [0.25, 0.3) is 11.3 Å². The molecule has 0 aliphatic carbocycles. The fourth-order valence-corrected chi connectivity index (χ4v) is 2.12. The van der Waals surface area contributed by atoms with Crippen molar-refractivity contribution in [1.82, 2.24) is 5.32 Å². The average Bonchev–Trinajstić information content (AvgIpc) is 2.45. The molecule has 1 aromatic carbocycles. The Labute approximate surface area is 116 Å². The number of rotatable bonds is 5. The highest BCUT2D eigenvalue weighted by molar-refractivity contribution is 5.60. The maximum Gasteiger partial charge on any atom is 0.213 e. The molecule has 0 bridgehead atoms. The van der Waals surface area contributed by atoms with E-state index in [0.29, 0.717) is 6.04 Å². The number of pyridine rings is 1. The summed E-state index contributed by atoms with van der Waals surface area (Å²) in [4.78, 5) is 0. The second kappa shape index (κ2) is 6.48. The van der Waals surface area contributed by atoms with Gasteiger partial charge in [-0.15, -0.1) is 0 Å². The lowest BCUT2D eigenvalue weighted by atomic mass is 10.1. The molecular formula is C17H23N2+. The molecule has 2 heteroatoms. The van der Waals surface area contributed by atoms with E-state index in [9.17, 15) is 0 Å². The first kappa shape index (κ1) is 13.8. The Morgan fingerprint density at radius 3 is 2.58 bits per heavy atom. The molecule has 0 radical (unpaired) electrons. The predicted molar refractivity (Wildman–Crippen MR) is 79.7 cm³/mol. The summed E-state index contributed by atoms with van der Waals surface area (Å²) in [6, 6.07) is 15.4. The Hall–Kier alpha value is -1.67. The van der Waals surface area contributed by atoms with E-state index < -0.39 is 0 Å². The zero-order valence-corrected chi connectivity index (χ0v) is 12.1. The van der Waals surface area contributed by atoms with Gasteiger partial charge in [-0.1, -0.05) is 25.1 Å². The molecule has 0 spiro atoms.